The molecule has 0 aliphatic carbocycles. The summed E-state index contributed by atoms with van der Waals surface area (Å²) >= 11 is 0. The summed E-state index contributed by atoms with van der Waals surface area (Å²) in [5.41, 5.74) is 1.76. The van der Waals surface area contributed by atoms with Gasteiger partial charge >= 0.3 is 5.97 Å². The highest BCUT2D eigenvalue weighted by Crippen LogP contribution is 2.30. The smallest absolute Gasteiger partial charge is 0.337 e. The van der Waals surface area contributed by atoms with Crippen molar-refractivity contribution in [3.05, 3.63) is 35.4 Å². The molecule has 2 rings (SSSR count). The van der Waals surface area contributed by atoms with Crippen LogP contribution in [0.15, 0.2) is 24.3 Å². The first-order valence-electron chi connectivity index (χ1n) is 6.55. The lowest BCUT2D eigenvalue weighted by molar-refractivity contribution is 0.0232. The molecule has 4 heteroatoms. The Labute approximate surface area is 114 Å². The molecule has 19 heavy (non-hydrogen) atoms. The van der Waals surface area contributed by atoms with Gasteiger partial charge in [0, 0.05) is 19.6 Å². The Morgan fingerprint density at radius 2 is 2.16 bits per heavy atom. The molecule has 1 aromatic carbocycles. The van der Waals surface area contributed by atoms with E-state index in [4.69, 9.17) is 9.47 Å². The van der Waals surface area contributed by atoms with Gasteiger partial charge in [-0.15, -0.1) is 0 Å². The molecule has 1 saturated heterocycles. The van der Waals surface area contributed by atoms with E-state index >= 15 is 0 Å². The zero-order chi connectivity index (χ0) is 13.8. The van der Waals surface area contributed by atoms with Gasteiger partial charge in [0.2, 0.25) is 0 Å². The second-order valence-electron chi connectivity index (χ2n) is 5.05. The summed E-state index contributed by atoms with van der Waals surface area (Å²) in [5.74, 6) is 0.0505. The Morgan fingerprint density at radius 1 is 1.37 bits per heavy atom. The topological polar surface area (TPSA) is 38.8 Å². The number of hydrogen-bond donors (Lipinski definition) is 0. The molecule has 0 bridgehead atoms. The number of ether oxygens (including phenoxy) is 2. The number of methoxy groups -OCH3 is 2. The van der Waals surface area contributed by atoms with Crippen molar-refractivity contribution in [2.75, 3.05) is 34.4 Å². The maximum absolute atomic E-state index is 11.6. The highest BCUT2D eigenvalue weighted by atomic mass is 16.5. The van der Waals surface area contributed by atoms with E-state index in [0.717, 1.165) is 25.1 Å². The highest BCUT2D eigenvalue weighted by Gasteiger charge is 2.29. The van der Waals surface area contributed by atoms with Gasteiger partial charge in [0.15, 0.2) is 0 Å². The van der Waals surface area contributed by atoms with Crippen LogP contribution < -0.4 is 0 Å². The summed E-state index contributed by atoms with van der Waals surface area (Å²) in [4.78, 5) is 13.9. The minimum absolute atomic E-state index is 0.173. The van der Waals surface area contributed by atoms with Crippen molar-refractivity contribution in [3.8, 4) is 0 Å². The molecular formula is C15H21NO3. The number of nitrogens with zero attached hydrogens (tertiary/aromatic N) is 1. The Kier molecular flexibility index (Phi) is 4.56. The lowest BCUT2D eigenvalue weighted by Crippen LogP contribution is -2.41. The van der Waals surface area contributed by atoms with Crippen molar-refractivity contribution >= 4 is 5.97 Å². The fourth-order valence-corrected chi connectivity index (χ4v) is 2.71. The van der Waals surface area contributed by atoms with Gasteiger partial charge in [0.25, 0.3) is 0 Å². The summed E-state index contributed by atoms with van der Waals surface area (Å²) in [7, 11) is 5.26. The van der Waals surface area contributed by atoms with Crippen LogP contribution in [0.5, 0.6) is 0 Å². The number of hydrogen-bond acceptors (Lipinski definition) is 4. The summed E-state index contributed by atoms with van der Waals surface area (Å²) in [6, 6.07) is 7.68. The highest BCUT2D eigenvalue weighted by molar-refractivity contribution is 5.89. The standard InChI is InChI=1S/C15H21NO3/c1-16-8-7-13(14(10-16)18-2)11-5-4-6-12(9-11)15(17)19-3/h4-6,9,13-14H,7-8,10H2,1-3H3/t13-,14?/m1/s1. The van der Waals surface area contributed by atoms with Gasteiger partial charge in [-0.3, -0.25) is 0 Å². The third-order valence-corrected chi connectivity index (χ3v) is 3.80. The monoisotopic (exact) mass is 263 g/mol. The molecule has 104 valence electrons. The third kappa shape index (κ3) is 3.14. The van der Waals surface area contributed by atoms with Gasteiger partial charge in [-0.05, 0) is 37.7 Å². The molecule has 0 spiro atoms. The van der Waals surface area contributed by atoms with Crippen LogP contribution in [0.3, 0.4) is 0 Å². The quantitative estimate of drug-likeness (QED) is 0.781. The molecule has 1 aromatic rings. The van der Waals surface area contributed by atoms with E-state index in [9.17, 15) is 4.79 Å². The van der Waals surface area contributed by atoms with E-state index in [0.29, 0.717) is 11.5 Å². The van der Waals surface area contributed by atoms with Gasteiger partial charge in [0.1, 0.15) is 0 Å². The molecular weight excluding hydrogens is 242 g/mol. The summed E-state index contributed by atoms with van der Waals surface area (Å²) < 4.78 is 10.4. The van der Waals surface area contributed by atoms with E-state index in [2.05, 4.69) is 18.0 Å². The lowest BCUT2D eigenvalue weighted by atomic mass is 9.86. The van der Waals surface area contributed by atoms with Crippen LogP contribution in [0.25, 0.3) is 0 Å². The lowest BCUT2D eigenvalue weighted by Gasteiger charge is -2.36. The third-order valence-electron chi connectivity index (χ3n) is 3.80. The minimum atomic E-state index is -0.288. The van der Waals surface area contributed by atoms with Crippen LogP contribution in [-0.2, 0) is 9.47 Å². The number of esters is 1. The fraction of sp³-hybridized carbons (Fsp3) is 0.533. The number of likely N-dealkylation sites (tertiary alicyclic amines) is 1. The second-order valence-corrected chi connectivity index (χ2v) is 5.05. The molecule has 0 N–H and O–H groups in total. The van der Waals surface area contributed by atoms with Crippen molar-refractivity contribution in [3.63, 3.8) is 0 Å². The molecule has 1 aliphatic heterocycles. The molecule has 1 unspecified atom stereocenters. The summed E-state index contributed by atoms with van der Waals surface area (Å²) in [5, 5.41) is 0. The average Bonchev–Trinajstić information content (AvgIpc) is 2.46. The normalized spacial score (nSPS) is 24.2. The predicted molar refractivity (Wildman–Crippen MR) is 73.4 cm³/mol. The van der Waals surface area contributed by atoms with Crippen molar-refractivity contribution < 1.29 is 14.3 Å². The molecule has 0 aromatic heterocycles. The second kappa shape index (κ2) is 6.17. The molecule has 1 aliphatic rings. The van der Waals surface area contributed by atoms with Gasteiger partial charge in [-0.1, -0.05) is 12.1 Å². The van der Waals surface area contributed by atoms with Gasteiger partial charge in [-0.25, -0.2) is 4.79 Å². The molecule has 0 amide bonds. The van der Waals surface area contributed by atoms with Crippen molar-refractivity contribution in [2.45, 2.75) is 18.4 Å². The molecule has 0 radical (unpaired) electrons. The van der Waals surface area contributed by atoms with Crippen LogP contribution in [0.1, 0.15) is 28.3 Å². The first kappa shape index (κ1) is 14.0. The zero-order valence-corrected chi connectivity index (χ0v) is 11.8. The molecule has 0 saturated carbocycles. The number of likely N-dealkylation sites (N-methyl/N-ethyl adjacent to an activating group) is 1. The molecule has 4 nitrogen and oxygen atoms in total. The minimum Gasteiger partial charge on any atom is -0.465 e. The van der Waals surface area contributed by atoms with Crippen molar-refractivity contribution in [2.24, 2.45) is 0 Å². The average molecular weight is 263 g/mol. The van der Waals surface area contributed by atoms with E-state index in [1.807, 2.05) is 12.1 Å². The van der Waals surface area contributed by atoms with Crippen LogP contribution in [0.4, 0.5) is 0 Å². The van der Waals surface area contributed by atoms with Crippen LogP contribution in [-0.4, -0.2) is 51.3 Å². The van der Waals surface area contributed by atoms with E-state index in [1.165, 1.54) is 7.11 Å². The number of carbonyl (C=O) groups is 1. The largest absolute Gasteiger partial charge is 0.465 e. The maximum atomic E-state index is 11.6. The Bertz CT molecular complexity index is 447. The molecule has 1 heterocycles. The Hall–Kier alpha value is -1.39. The molecule has 1 fully saturated rings. The number of carbonyl (C=O) groups excluding carboxylic acids is 1. The Morgan fingerprint density at radius 3 is 2.84 bits per heavy atom. The summed E-state index contributed by atoms with van der Waals surface area (Å²) in [6.45, 7) is 1.97. The fourth-order valence-electron chi connectivity index (χ4n) is 2.71. The van der Waals surface area contributed by atoms with Crippen LogP contribution in [0.2, 0.25) is 0 Å². The predicted octanol–water partition coefficient (Wildman–Crippen LogP) is 1.91. The maximum Gasteiger partial charge on any atom is 0.337 e. The van der Waals surface area contributed by atoms with E-state index < -0.39 is 0 Å². The first-order valence-corrected chi connectivity index (χ1v) is 6.55. The first-order chi connectivity index (χ1) is 9.15. The van der Waals surface area contributed by atoms with Crippen molar-refractivity contribution in [1.82, 2.24) is 4.90 Å². The van der Waals surface area contributed by atoms with Crippen LogP contribution >= 0.6 is 0 Å². The molecule has 2 atom stereocenters. The van der Waals surface area contributed by atoms with Gasteiger partial charge in [-0.2, -0.15) is 0 Å². The van der Waals surface area contributed by atoms with Crippen molar-refractivity contribution in [1.29, 1.82) is 0 Å². The SMILES string of the molecule is COC(=O)c1cccc([C@H]2CCN(C)CC2OC)c1. The number of rotatable bonds is 3. The summed E-state index contributed by atoms with van der Waals surface area (Å²) in [6.07, 6.45) is 1.21. The zero-order valence-electron chi connectivity index (χ0n) is 11.8. The Balaban J connectivity index is 2.23. The van der Waals surface area contributed by atoms with Gasteiger partial charge < -0.3 is 14.4 Å². The van der Waals surface area contributed by atoms with Crippen LogP contribution in [0, 0.1) is 0 Å². The number of benzene rings is 1. The van der Waals surface area contributed by atoms with E-state index in [1.54, 1.807) is 13.2 Å². The van der Waals surface area contributed by atoms with E-state index in [-0.39, 0.29) is 12.1 Å². The van der Waals surface area contributed by atoms with Gasteiger partial charge in [0.05, 0.1) is 18.8 Å². The number of piperidine rings is 1.